The lowest BCUT2D eigenvalue weighted by Crippen LogP contribution is -2.38. The van der Waals surface area contributed by atoms with E-state index in [9.17, 15) is 13.2 Å². The Morgan fingerprint density at radius 3 is 2.64 bits per heavy atom. The van der Waals surface area contributed by atoms with Crippen molar-refractivity contribution in [2.24, 2.45) is 16.2 Å². The van der Waals surface area contributed by atoms with Gasteiger partial charge >= 0.3 is 0 Å². The van der Waals surface area contributed by atoms with E-state index in [1.165, 1.54) is 6.07 Å². The second-order valence-electron chi connectivity index (χ2n) is 7.14. The van der Waals surface area contributed by atoms with Gasteiger partial charge in [-0.15, -0.1) is 4.40 Å². The minimum absolute atomic E-state index is 0.0313. The lowest BCUT2D eigenvalue weighted by atomic mass is 9.85. The summed E-state index contributed by atoms with van der Waals surface area (Å²) in [6.07, 6.45) is 3.43. The van der Waals surface area contributed by atoms with Crippen LogP contribution in [0.4, 0.5) is 11.4 Å². The summed E-state index contributed by atoms with van der Waals surface area (Å²) in [5.74, 6) is 0.946. The molecule has 136 valence electrons. The van der Waals surface area contributed by atoms with Crippen molar-refractivity contribution in [3.05, 3.63) is 18.2 Å². The molecule has 25 heavy (non-hydrogen) atoms. The monoisotopic (exact) mass is 363 g/mol. The van der Waals surface area contributed by atoms with E-state index in [0.717, 1.165) is 19.3 Å². The Morgan fingerprint density at radius 2 is 2.08 bits per heavy atom. The molecule has 0 bridgehead atoms. The number of fused-ring (bicyclic) bond motifs is 1. The Balaban J connectivity index is 1.96. The zero-order valence-corrected chi connectivity index (χ0v) is 15.8. The highest BCUT2D eigenvalue weighted by Crippen LogP contribution is 2.35. The molecule has 1 amide bonds. The van der Waals surface area contributed by atoms with Crippen molar-refractivity contribution in [3.63, 3.8) is 0 Å². The van der Waals surface area contributed by atoms with Crippen LogP contribution in [0.1, 0.15) is 46.5 Å². The van der Waals surface area contributed by atoms with Crippen molar-refractivity contribution < 1.29 is 13.2 Å². The summed E-state index contributed by atoms with van der Waals surface area (Å²) in [5.41, 5.74) is 1.15. The van der Waals surface area contributed by atoms with Crippen LogP contribution in [0.25, 0.3) is 0 Å². The van der Waals surface area contributed by atoms with Crippen molar-refractivity contribution >= 4 is 33.1 Å². The molecule has 1 saturated carbocycles. The normalized spacial score (nSPS) is 19.2. The van der Waals surface area contributed by atoms with Crippen molar-refractivity contribution in [1.29, 1.82) is 0 Å². The molecule has 3 rings (SSSR count). The number of benzene rings is 1. The number of nitrogens with zero attached hydrogens (tertiary/aromatic N) is 2. The zero-order chi connectivity index (χ0) is 18.2. The average molecular weight is 363 g/mol. The first kappa shape index (κ1) is 17.9. The van der Waals surface area contributed by atoms with Gasteiger partial charge in [0.1, 0.15) is 10.7 Å². The van der Waals surface area contributed by atoms with Crippen LogP contribution in [0, 0.1) is 11.8 Å². The van der Waals surface area contributed by atoms with Crippen molar-refractivity contribution in [2.45, 2.75) is 51.3 Å². The maximum absolute atomic E-state index is 12.6. The van der Waals surface area contributed by atoms with Gasteiger partial charge in [-0.3, -0.25) is 4.79 Å². The van der Waals surface area contributed by atoms with Crippen LogP contribution in [0.2, 0.25) is 0 Å². The molecule has 0 spiro atoms. The fourth-order valence-electron chi connectivity index (χ4n) is 3.14. The fourth-order valence-corrected chi connectivity index (χ4v) is 4.46. The Labute approximate surface area is 149 Å². The Kier molecular flexibility index (Phi) is 4.86. The molecular weight excluding hydrogens is 338 g/mol. The number of anilines is 2. The topological polar surface area (TPSA) is 78.8 Å². The number of carbonyl (C=O) groups is 1. The largest absolute Gasteiger partial charge is 0.328 e. The van der Waals surface area contributed by atoms with Crippen LogP contribution in [0.3, 0.4) is 0 Å². The summed E-state index contributed by atoms with van der Waals surface area (Å²) in [6, 6.07) is 5.08. The lowest BCUT2D eigenvalue weighted by Gasteiger charge is -2.32. The quantitative estimate of drug-likeness (QED) is 0.869. The Bertz CT molecular complexity index is 811. The predicted molar refractivity (Wildman–Crippen MR) is 99.5 cm³/mol. The molecule has 2 aliphatic rings. The lowest BCUT2D eigenvalue weighted by molar-refractivity contribution is -0.122. The maximum Gasteiger partial charge on any atom is 0.286 e. The minimum Gasteiger partial charge on any atom is -0.328 e. The molecule has 6 nitrogen and oxygen atoms in total. The van der Waals surface area contributed by atoms with Gasteiger partial charge in [-0.25, -0.2) is 0 Å². The van der Waals surface area contributed by atoms with Crippen LogP contribution in [-0.2, 0) is 14.8 Å². The summed E-state index contributed by atoms with van der Waals surface area (Å²) in [6.45, 7) is 6.77. The summed E-state index contributed by atoms with van der Waals surface area (Å²) >= 11 is 0. The molecule has 1 fully saturated rings. The number of sulfonamides is 1. The molecule has 0 radical (unpaired) electrons. The molecule has 0 aromatic heterocycles. The van der Waals surface area contributed by atoms with Crippen LogP contribution in [0.5, 0.6) is 0 Å². The van der Waals surface area contributed by atoms with Gasteiger partial charge in [-0.2, -0.15) is 8.42 Å². The number of rotatable bonds is 5. The number of amides is 1. The Hall–Kier alpha value is -1.89. The Morgan fingerprint density at radius 1 is 1.36 bits per heavy atom. The SMILES string of the molecule is CCC1=NS(=O)(=O)c2cc(NC(=O)C3CCC3)ccc2N1CC(C)C. The third kappa shape index (κ3) is 3.56. The van der Waals surface area contributed by atoms with Gasteiger partial charge in [-0.05, 0) is 37.0 Å². The molecule has 7 heteroatoms. The van der Waals surface area contributed by atoms with E-state index in [1.807, 2.05) is 11.8 Å². The van der Waals surface area contributed by atoms with Gasteiger partial charge in [0.15, 0.2) is 0 Å². The summed E-state index contributed by atoms with van der Waals surface area (Å²) < 4.78 is 29.2. The second kappa shape index (κ2) is 6.78. The molecule has 1 aromatic rings. The van der Waals surface area contributed by atoms with Crippen molar-refractivity contribution in [2.75, 3.05) is 16.8 Å². The molecule has 0 atom stereocenters. The van der Waals surface area contributed by atoms with Gasteiger partial charge < -0.3 is 10.2 Å². The van der Waals surface area contributed by atoms with E-state index in [4.69, 9.17) is 0 Å². The average Bonchev–Trinajstić information content (AvgIpc) is 2.48. The highest BCUT2D eigenvalue weighted by atomic mass is 32.2. The zero-order valence-electron chi connectivity index (χ0n) is 14.9. The highest BCUT2D eigenvalue weighted by Gasteiger charge is 2.31. The molecule has 1 aromatic carbocycles. The van der Waals surface area contributed by atoms with E-state index < -0.39 is 10.0 Å². The molecule has 1 N–H and O–H groups in total. The van der Waals surface area contributed by atoms with E-state index in [1.54, 1.807) is 12.1 Å². The van der Waals surface area contributed by atoms with Gasteiger partial charge in [-0.1, -0.05) is 27.2 Å². The third-order valence-corrected chi connectivity index (χ3v) is 6.01. The first-order valence-corrected chi connectivity index (χ1v) is 10.3. The van der Waals surface area contributed by atoms with E-state index in [-0.39, 0.29) is 16.7 Å². The number of hydrogen-bond acceptors (Lipinski definition) is 4. The van der Waals surface area contributed by atoms with Crippen LogP contribution >= 0.6 is 0 Å². The van der Waals surface area contributed by atoms with Gasteiger partial charge in [0.2, 0.25) is 5.91 Å². The molecule has 1 aliphatic carbocycles. The molecule has 1 aliphatic heterocycles. The van der Waals surface area contributed by atoms with Gasteiger partial charge in [0, 0.05) is 24.6 Å². The van der Waals surface area contributed by atoms with Crippen LogP contribution in [0.15, 0.2) is 27.5 Å². The van der Waals surface area contributed by atoms with E-state index in [0.29, 0.717) is 36.1 Å². The highest BCUT2D eigenvalue weighted by molar-refractivity contribution is 7.90. The number of nitrogens with one attached hydrogen (secondary N) is 1. The fraction of sp³-hybridized carbons (Fsp3) is 0.556. The maximum atomic E-state index is 12.6. The standard InChI is InChI=1S/C18H25N3O3S/c1-4-17-20-25(23,24)16-10-14(19-18(22)13-6-5-7-13)8-9-15(16)21(17)11-12(2)3/h8-10,12-13H,4-7,11H2,1-3H3,(H,19,22). The number of hydrogen-bond donors (Lipinski definition) is 1. The van der Waals surface area contributed by atoms with E-state index >= 15 is 0 Å². The molecule has 1 heterocycles. The smallest absolute Gasteiger partial charge is 0.286 e. The molecular formula is C18H25N3O3S. The van der Waals surface area contributed by atoms with Gasteiger partial charge in [0.05, 0.1) is 5.69 Å². The number of amidine groups is 1. The van der Waals surface area contributed by atoms with Crippen molar-refractivity contribution in [1.82, 2.24) is 0 Å². The second-order valence-corrected chi connectivity index (χ2v) is 8.71. The molecule has 0 unspecified atom stereocenters. The first-order chi connectivity index (χ1) is 11.8. The van der Waals surface area contributed by atoms with E-state index in [2.05, 4.69) is 23.6 Å². The predicted octanol–water partition coefficient (Wildman–Crippen LogP) is 3.40. The van der Waals surface area contributed by atoms with Crippen LogP contribution in [-0.4, -0.2) is 26.7 Å². The summed E-state index contributed by atoms with van der Waals surface area (Å²) in [5, 5.41) is 2.84. The number of carbonyl (C=O) groups excluding carboxylic acids is 1. The van der Waals surface area contributed by atoms with Crippen molar-refractivity contribution in [3.8, 4) is 0 Å². The first-order valence-electron chi connectivity index (χ1n) is 8.88. The molecule has 0 saturated heterocycles. The van der Waals surface area contributed by atoms with Crippen LogP contribution < -0.4 is 10.2 Å². The summed E-state index contributed by atoms with van der Waals surface area (Å²) in [4.78, 5) is 14.3. The van der Waals surface area contributed by atoms with Gasteiger partial charge in [0.25, 0.3) is 10.0 Å². The minimum atomic E-state index is -3.75. The summed E-state index contributed by atoms with van der Waals surface area (Å²) in [7, 11) is -3.75. The third-order valence-electron chi connectivity index (χ3n) is 4.67.